The second-order valence-corrected chi connectivity index (χ2v) is 14.2. The Balaban J connectivity index is 0.00000627. The van der Waals surface area contributed by atoms with Crippen molar-refractivity contribution in [2.45, 2.75) is 9.79 Å². The number of aromatic hydroxyl groups is 1. The van der Waals surface area contributed by atoms with Gasteiger partial charge in [-0.05, 0) is 66.0 Å². The van der Waals surface area contributed by atoms with Crippen molar-refractivity contribution in [3.8, 4) is 17.2 Å². The normalized spacial score (nSPS) is 12.0. The number of ether oxygens (including phenoxy) is 2. The zero-order chi connectivity index (χ0) is 37.5. The zero-order valence-electron chi connectivity index (χ0n) is 28.7. The molecule has 4 N–H and O–H groups in total. The molecule has 0 radical (unpaired) electrons. The predicted octanol–water partition coefficient (Wildman–Crippen LogP) is 3.02. The fourth-order valence-electron chi connectivity index (χ4n) is 5.05. The smallest absolute Gasteiger partial charge is 0.744 e. The minimum atomic E-state index is -5.14. The number of nitrogens with zero attached hydrogens (tertiary/aromatic N) is 5. The SMILES string of the molecule is COc1cc(N=Nc2c(S(=O)(=O)[O-])cc3cc(Nc4ccccc4)ccc3c2O)c(OC)cc1N=Nc1ccc(S(=O)(=O)N(CCO)CCO)cc1.[Na+]. The first-order chi connectivity index (χ1) is 24.9. The zero-order valence-corrected chi connectivity index (χ0v) is 32.4. The van der Waals surface area contributed by atoms with E-state index in [4.69, 9.17) is 9.47 Å². The fourth-order valence-corrected chi connectivity index (χ4v) is 7.12. The molecule has 5 rings (SSSR count). The van der Waals surface area contributed by atoms with Crippen molar-refractivity contribution >= 4 is 65.0 Å². The Morgan fingerprint density at radius 2 is 1.32 bits per heavy atom. The number of fused-ring (bicyclic) bond motifs is 1. The van der Waals surface area contributed by atoms with Crippen LogP contribution in [0.4, 0.5) is 34.1 Å². The molecule has 5 aromatic rings. The number of azo groups is 2. The molecule has 0 aromatic heterocycles. The quantitative estimate of drug-likeness (QED) is 0.0686. The number of para-hydroxylation sites is 1. The number of anilines is 2. The average Bonchev–Trinajstić information content (AvgIpc) is 3.13. The Bertz CT molecular complexity index is 2340. The number of nitrogens with one attached hydrogen (secondary N) is 1. The fraction of sp³-hybridized carbons (Fsp3) is 0.176. The molecule has 0 aliphatic carbocycles. The average molecular weight is 773 g/mol. The van der Waals surface area contributed by atoms with Gasteiger partial charge in [0.15, 0.2) is 5.75 Å². The van der Waals surface area contributed by atoms with Crippen LogP contribution in [0.3, 0.4) is 0 Å². The Hall–Kier alpha value is -4.50. The van der Waals surface area contributed by atoms with Crippen LogP contribution in [0.1, 0.15) is 0 Å². The number of aliphatic hydroxyl groups is 2. The number of aliphatic hydroxyl groups excluding tert-OH is 2. The summed E-state index contributed by atoms with van der Waals surface area (Å²) in [5.41, 5.74) is 1.26. The molecule has 16 nitrogen and oxygen atoms in total. The van der Waals surface area contributed by atoms with Crippen molar-refractivity contribution in [1.82, 2.24) is 4.31 Å². The molecule has 272 valence electrons. The minimum Gasteiger partial charge on any atom is -0.744 e. The Kier molecular flexibility index (Phi) is 14.0. The van der Waals surface area contributed by atoms with E-state index in [1.54, 1.807) is 18.2 Å². The van der Waals surface area contributed by atoms with Crippen LogP contribution in [0.15, 0.2) is 121 Å². The van der Waals surface area contributed by atoms with E-state index in [2.05, 4.69) is 25.8 Å². The summed E-state index contributed by atoms with van der Waals surface area (Å²) in [5.74, 6) is -0.345. The first-order valence-electron chi connectivity index (χ1n) is 15.4. The topological polar surface area (TPSA) is 235 Å². The van der Waals surface area contributed by atoms with E-state index in [1.165, 1.54) is 50.6 Å². The summed E-state index contributed by atoms with van der Waals surface area (Å²) < 4.78 is 74.6. The summed E-state index contributed by atoms with van der Waals surface area (Å²) in [6, 6.07) is 23.4. The summed E-state index contributed by atoms with van der Waals surface area (Å²) in [7, 11) is -6.43. The van der Waals surface area contributed by atoms with Crippen LogP contribution in [0, 0.1) is 0 Å². The van der Waals surface area contributed by atoms with Crippen molar-refractivity contribution in [3.05, 3.63) is 91.0 Å². The summed E-state index contributed by atoms with van der Waals surface area (Å²) in [5, 5.41) is 49.6. The molecule has 0 bridgehead atoms. The van der Waals surface area contributed by atoms with Crippen molar-refractivity contribution in [1.29, 1.82) is 0 Å². The molecule has 0 aliphatic heterocycles. The Morgan fingerprint density at radius 1 is 0.736 bits per heavy atom. The molecule has 0 saturated carbocycles. The number of hydrogen-bond donors (Lipinski definition) is 4. The van der Waals surface area contributed by atoms with E-state index in [0.29, 0.717) is 5.69 Å². The van der Waals surface area contributed by atoms with Crippen molar-refractivity contribution in [2.75, 3.05) is 45.8 Å². The van der Waals surface area contributed by atoms with E-state index in [-0.39, 0.29) is 86.9 Å². The maximum atomic E-state index is 12.9. The largest absolute Gasteiger partial charge is 1.00 e. The van der Waals surface area contributed by atoms with Crippen LogP contribution in [0.2, 0.25) is 0 Å². The number of methoxy groups -OCH3 is 2. The number of rotatable bonds is 15. The van der Waals surface area contributed by atoms with Crippen LogP contribution >= 0.6 is 0 Å². The monoisotopic (exact) mass is 772 g/mol. The van der Waals surface area contributed by atoms with Crippen LogP contribution in [-0.4, -0.2) is 81.5 Å². The molecule has 0 unspecified atom stereocenters. The molecule has 53 heavy (non-hydrogen) atoms. The third kappa shape index (κ3) is 9.74. The van der Waals surface area contributed by atoms with Gasteiger partial charge in [0.25, 0.3) is 0 Å². The summed E-state index contributed by atoms with van der Waals surface area (Å²) in [6.07, 6.45) is 0. The third-order valence-electron chi connectivity index (χ3n) is 7.57. The van der Waals surface area contributed by atoms with Gasteiger partial charge in [0.1, 0.15) is 38.7 Å². The molecule has 0 atom stereocenters. The van der Waals surface area contributed by atoms with Gasteiger partial charge >= 0.3 is 29.6 Å². The molecule has 19 heteroatoms. The first-order valence-corrected chi connectivity index (χ1v) is 18.2. The van der Waals surface area contributed by atoms with E-state index >= 15 is 0 Å². The molecule has 0 spiro atoms. The molecule has 0 fully saturated rings. The third-order valence-corrected chi connectivity index (χ3v) is 10.3. The Morgan fingerprint density at radius 3 is 1.87 bits per heavy atom. The number of hydrogen-bond acceptors (Lipinski definition) is 15. The number of phenolic OH excluding ortho intramolecular Hbond substituents is 1. The standard InChI is InChI=1S/C34H34N6O10S2.Na/c1-49-30-21-29(31(50-2)20-28(30)37-36-24-8-11-26(12-9-24)51(44,45)40(14-16-41)15-17-42)38-39-33-32(52(46,47)48)19-22-18-25(10-13-27(22)34(33)43)35-23-6-4-3-5-7-23;/h3-13,18-21,35,41-43H,14-17H2,1-2H3,(H,46,47,48);/q;+1/p-1. The van der Waals surface area contributed by atoms with Crippen LogP contribution in [0.25, 0.3) is 10.8 Å². The number of sulfonamides is 1. The maximum Gasteiger partial charge on any atom is 1.00 e. The van der Waals surface area contributed by atoms with Gasteiger partial charge in [0, 0.05) is 42.0 Å². The summed E-state index contributed by atoms with van der Waals surface area (Å²) in [6.45, 7) is -1.20. The molecule has 0 saturated heterocycles. The molecule has 5 aromatic carbocycles. The Labute approximate surface area is 327 Å². The maximum absolute atomic E-state index is 12.9. The van der Waals surface area contributed by atoms with Gasteiger partial charge in [-0.2, -0.15) is 9.42 Å². The number of phenols is 1. The van der Waals surface area contributed by atoms with Crippen molar-refractivity contribution in [2.24, 2.45) is 20.5 Å². The minimum absolute atomic E-state index is 0. The van der Waals surface area contributed by atoms with Crippen LogP contribution in [-0.2, 0) is 20.1 Å². The van der Waals surface area contributed by atoms with Gasteiger partial charge in [0.2, 0.25) is 10.0 Å². The van der Waals surface area contributed by atoms with E-state index in [0.717, 1.165) is 16.1 Å². The molecule has 0 heterocycles. The van der Waals surface area contributed by atoms with Gasteiger partial charge < -0.3 is 34.7 Å². The molecule has 0 amide bonds. The van der Waals surface area contributed by atoms with Gasteiger partial charge in [-0.1, -0.05) is 18.2 Å². The van der Waals surface area contributed by atoms with E-state index in [9.17, 15) is 36.7 Å². The molecule has 0 aliphatic rings. The second-order valence-electron chi connectivity index (χ2n) is 10.9. The molecular formula is C34H33N6NaO10S2. The second kappa shape index (κ2) is 18.0. The van der Waals surface area contributed by atoms with Gasteiger partial charge in [-0.3, -0.25) is 0 Å². The number of benzene rings is 5. The predicted molar refractivity (Wildman–Crippen MR) is 191 cm³/mol. The molecular weight excluding hydrogens is 740 g/mol. The van der Waals surface area contributed by atoms with Crippen molar-refractivity contribution in [3.63, 3.8) is 0 Å². The van der Waals surface area contributed by atoms with Gasteiger partial charge in [0.05, 0.1) is 42.9 Å². The van der Waals surface area contributed by atoms with Gasteiger partial charge in [-0.25, -0.2) is 16.8 Å². The van der Waals surface area contributed by atoms with E-state index in [1.807, 2.05) is 30.3 Å². The summed E-state index contributed by atoms with van der Waals surface area (Å²) in [4.78, 5) is -0.861. The first kappa shape index (κ1) is 41.3. The van der Waals surface area contributed by atoms with Gasteiger partial charge in [-0.15, -0.1) is 15.3 Å². The van der Waals surface area contributed by atoms with Crippen molar-refractivity contribution < 1.29 is 75.7 Å². The summed E-state index contributed by atoms with van der Waals surface area (Å²) >= 11 is 0. The van der Waals surface area contributed by atoms with Crippen LogP contribution in [0.5, 0.6) is 17.2 Å². The van der Waals surface area contributed by atoms with Crippen LogP contribution < -0.4 is 44.3 Å². The van der Waals surface area contributed by atoms with E-state index < -0.39 is 49.7 Å².